The molecule has 4 heteroatoms. The Bertz CT molecular complexity index is 405. The maximum absolute atomic E-state index is 5.89. The van der Waals surface area contributed by atoms with Crippen molar-refractivity contribution < 1.29 is 0 Å². The van der Waals surface area contributed by atoms with Crippen LogP contribution >= 0.6 is 11.6 Å². The first kappa shape index (κ1) is 11.3. The minimum atomic E-state index is 0.511. The van der Waals surface area contributed by atoms with E-state index in [9.17, 15) is 0 Å². The molecule has 2 fully saturated rings. The molecule has 0 bridgehead atoms. The average molecular weight is 252 g/mol. The first-order valence-electron chi connectivity index (χ1n) is 6.37. The molecule has 0 radical (unpaired) electrons. The van der Waals surface area contributed by atoms with Crippen molar-refractivity contribution in [3.05, 3.63) is 23.4 Å². The zero-order valence-electron chi connectivity index (χ0n) is 10.1. The lowest BCUT2D eigenvalue weighted by Gasteiger charge is -2.19. The molecule has 2 unspecified atom stereocenters. The van der Waals surface area contributed by atoms with Gasteiger partial charge in [-0.25, -0.2) is 4.98 Å². The largest absolute Gasteiger partial charge is 0.366 e. The second kappa shape index (κ2) is 4.46. The predicted molar refractivity (Wildman–Crippen MR) is 70.5 cm³/mol. The molecule has 1 aliphatic heterocycles. The zero-order chi connectivity index (χ0) is 11.8. The summed E-state index contributed by atoms with van der Waals surface area (Å²) >= 11 is 5.89. The Hall–Kier alpha value is -0.800. The fourth-order valence-corrected chi connectivity index (χ4v) is 2.94. The molecule has 0 amide bonds. The lowest BCUT2D eigenvalue weighted by atomic mass is 10.2. The molecule has 2 atom stereocenters. The van der Waals surface area contributed by atoms with Crippen molar-refractivity contribution in [3.8, 4) is 0 Å². The molecule has 0 spiro atoms. The summed E-state index contributed by atoms with van der Waals surface area (Å²) in [7, 11) is 0. The standard InChI is InChI=1S/C13H18ClN3/c1-9-7-10(8-17(9)11-5-6-11)15-13-4-2-3-12(14)16-13/h2-4,9-11H,5-8H2,1H3,(H,15,16). The lowest BCUT2D eigenvalue weighted by molar-refractivity contribution is 0.257. The van der Waals surface area contributed by atoms with Gasteiger partial charge in [0.2, 0.25) is 0 Å². The number of halogens is 1. The highest BCUT2D eigenvalue weighted by atomic mass is 35.5. The molecular weight excluding hydrogens is 234 g/mol. The third-order valence-electron chi connectivity index (χ3n) is 3.71. The van der Waals surface area contributed by atoms with Gasteiger partial charge in [-0.15, -0.1) is 0 Å². The first-order valence-corrected chi connectivity index (χ1v) is 6.75. The topological polar surface area (TPSA) is 28.2 Å². The SMILES string of the molecule is CC1CC(Nc2cccc(Cl)n2)CN1C1CC1. The van der Waals surface area contributed by atoms with Crippen LogP contribution in [-0.4, -0.2) is 34.6 Å². The average Bonchev–Trinajstić information content (AvgIpc) is 3.04. The highest BCUT2D eigenvalue weighted by Crippen LogP contribution is 2.33. The number of hydrogen-bond donors (Lipinski definition) is 1. The summed E-state index contributed by atoms with van der Waals surface area (Å²) in [5, 5.41) is 4.04. The van der Waals surface area contributed by atoms with Crippen LogP contribution in [0.1, 0.15) is 26.2 Å². The van der Waals surface area contributed by atoms with Crippen molar-refractivity contribution in [2.75, 3.05) is 11.9 Å². The van der Waals surface area contributed by atoms with Crippen molar-refractivity contribution in [2.45, 2.75) is 44.3 Å². The van der Waals surface area contributed by atoms with Gasteiger partial charge in [-0.3, -0.25) is 4.90 Å². The van der Waals surface area contributed by atoms with E-state index in [0.717, 1.165) is 18.4 Å². The minimum absolute atomic E-state index is 0.511. The summed E-state index contributed by atoms with van der Waals surface area (Å²) in [6, 6.07) is 7.78. The molecule has 1 saturated heterocycles. The summed E-state index contributed by atoms with van der Waals surface area (Å²) < 4.78 is 0. The van der Waals surface area contributed by atoms with Crippen LogP contribution in [0.5, 0.6) is 0 Å². The van der Waals surface area contributed by atoms with Crippen LogP contribution in [0.15, 0.2) is 18.2 Å². The van der Waals surface area contributed by atoms with Gasteiger partial charge in [-0.1, -0.05) is 17.7 Å². The molecule has 1 aromatic heterocycles. The molecule has 2 heterocycles. The van der Waals surface area contributed by atoms with E-state index in [4.69, 9.17) is 11.6 Å². The van der Waals surface area contributed by atoms with E-state index >= 15 is 0 Å². The molecule has 1 aliphatic carbocycles. The molecule has 17 heavy (non-hydrogen) atoms. The summed E-state index contributed by atoms with van der Waals surface area (Å²) in [6.45, 7) is 3.46. The van der Waals surface area contributed by atoms with E-state index in [0.29, 0.717) is 17.2 Å². The number of rotatable bonds is 3. The van der Waals surface area contributed by atoms with E-state index in [-0.39, 0.29) is 0 Å². The van der Waals surface area contributed by atoms with Crippen molar-refractivity contribution in [1.82, 2.24) is 9.88 Å². The Kier molecular flexibility index (Phi) is 2.97. The number of hydrogen-bond acceptors (Lipinski definition) is 3. The van der Waals surface area contributed by atoms with Gasteiger partial charge in [0.1, 0.15) is 11.0 Å². The first-order chi connectivity index (χ1) is 8.22. The maximum Gasteiger partial charge on any atom is 0.131 e. The Morgan fingerprint density at radius 1 is 1.41 bits per heavy atom. The van der Waals surface area contributed by atoms with Gasteiger partial charge in [0.05, 0.1) is 0 Å². The number of aromatic nitrogens is 1. The van der Waals surface area contributed by atoms with Crippen molar-refractivity contribution in [3.63, 3.8) is 0 Å². The van der Waals surface area contributed by atoms with Gasteiger partial charge in [0, 0.05) is 24.7 Å². The second-order valence-electron chi connectivity index (χ2n) is 5.20. The maximum atomic E-state index is 5.89. The van der Waals surface area contributed by atoms with E-state index in [1.54, 1.807) is 6.07 Å². The lowest BCUT2D eigenvalue weighted by Crippen LogP contribution is -2.31. The van der Waals surface area contributed by atoms with Crippen LogP contribution in [-0.2, 0) is 0 Å². The van der Waals surface area contributed by atoms with E-state index in [2.05, 4.69) is 22.1 Å². The van der Waals surface area contributed by atoms with Gasteiger partial charge in [-0.2, -0.15) is 0 Å². The Morgan fingerprint density at radius 3 is 2.94 bits per heavy atom. The molecular formula is C13H18ClN3. The highest BCUT2D eigenvalue weighted by molar-refractivity contribution is 6.29. The molecule has 1 saturated carbocycles. The van der Waals surface area contributed by atoms with Crippen LogP contribution in [0.25, 0.3) is 0 Å². The van der Waals surface area contributed by atoms with E-state index < -0.39 is 0 Å². The number of likely N-dealkylation sites (tertiary alicyclic amines) is 1. The third kappa shape index (κ3) is 2.55. The number of nitrogens with one attached hydrogen (secondary N) is 1. The van der Waals surface area contributed by atoms with Crippen molar-refractivity contribution in [2.24, 2.45) is 0 Å². The molecule has 1 N–H and O–H groups in total. The van der Waals surface area contributed by atoms with Crippen molar-refractivity contribution >= 4 is 17.4 Å². The van der Waals surface area contributed by atoms with Crippen LogP contribution in [0.3, 0.4) is 0 Å². The number of anilines is 1. The van der Waals surface area contributed by atoms with Crippen LogP contribution in [0.4, 0.5) is 5.82 Å². The van der Waals surface area contributed by atoms with Gasteiger partial charge < -0.3 is 5.32 Å². The van der Waals surface area contributed by atoms with Crippen molar-refractivity contribution in [1.29, 1.82) is 0 Å². The Morgan fingerprint density at radius 2 is 2.24 bits per heavy atom. The molecule has 3 rings (SSSR count). The fraction of sp³-hybridized carbons (Fsp3) is 0.615. The minimum Gasteiger partial charge on any atom is -0.366 e. The number of nitrogens with zero attached hydrogens (tertiary/aromatic N) is 2. The van der Waals surface area contributed by atoms with Gasteiger partial charge >= 0.3 is 0 Å². The highest BCUT2D eigenvalue weighted by Gasteiger charge is 2.38. The van der Waals surface area contributed by atoms with Crippen LogP contribution in [0, 0.1) is 0 Å². The van der Waals surface area contributed by atoms with E-state index in [1.165, 1.54) is 19.3 Å². The quantitative estimate of drug-likeness (QED) is 0.838. The monoisotopic (exact) mass is 251 g/mol. The van der Waals surface area contributed by atoms with E-state index in [1.807, 2.05) is 12.1 Å². The molecule has 0 aromatic carbocycles. The Balaban J connectivity index is 1.63. The fourth-order valence-electron chi connectivity index (χ4n) is 2.77. The Labute approximate surface area is 107 Å². The van der Waals surface area contributed by atoms with Gasteiger partial charge in [0.15, 0.2) is 0 Å². The molecule has 92 valence electrons. The summed E-state index contributed by atoms with van der Waals surface area (Å²) in [6.07, 6.45) is 3.96. The predicted octanol–water partition coefficient (Wildman–Crippen LogP) is 2.77. The van der Waals surface area contributed by atoms with Gasteiger partial charge in [-0.05, 0) is 38.3 Å². The third-order valence-corrected chi connectivity index (χ3v) is 3.92. The summed E-state index contributed by atoms with van der Waals surface area (Å²) in [5.41, 5.74) is 0. The molecule has 3 nitrogen and oxygen atoms in total. The number of pyridine rings is 1. The molecule has 1 aromatic rings. The summed E-state index contributed by atoms with van der Waals surface area (Å²) in [4.78, 5) is 6.91. The summed E-state index contributed by atoms with van der Waals surface area (Å²) in [5.74, 6) is 0.896. The normalized spacial score (nSPS) is 29.5. The van der Waals surface area contributed by atoms with Gasteiger partial charge in [0.25, 0.3) is 0 Å². The van der Waals surface area contributed by atoms with Crippen LogP contribution < -0.4 is 5.32 Å². The molecule has 2 aliphatic rings. The second-order valence-corrected chi connectivity index (χ2v) is 5.59. The van der Waals surface area contributed by atoms with Crippen LogP contribution in [0.2, 0.25) is 5.15 Å². The zero-order valence-corrected chi connectivity index (χ0v) is 10.8. The smallest absolute Gasteiger partial charge is 0.131 e.